The van der Waals surface area contributed by atoms with Gasteiger partial charge in [0.25, 0.3) is 0 Å². The molecule has 11 heteroatoms. The van der Waals surface area contributed by atoms with Crippen molar-refractivity contribution in [3.8, 4) is 17.5 Å². The zero-order valence-corrected chi connectivity index (χ0v) is 20.5. The molecule has 3 fully saturated rings. The maximum absolute atomic E-state index is 13.7. The predicted octanol–water partition coefficient (Wildman–Crippen LogP) is 3.16. The van der Waals surface area contributed by atoms with Crippen LogP contribution in [0.25, 0.3) is 5.69 Å². The average molecular weight is 507 g/mol. The van der Waals surface area contributed by atoms with E-state index in [0.717, 1.165) is 67.9 Å². The monoisotopic (exact) mass is 506 g/mol. The Morgan fingerprint density at radius 1 is 1.08 bits per heavy atom. The molecule has 1 saturated carbocycles. The summed E-state index contributed by atoms with van der Waals surface area (Å²) < 4.78 is 21.0. The van der Waals surface area contributed by atoms with Crippen molar-refractivity contribution in [3.05, 3.63) is 52.7 Å². The summed E-state index contributed by atoms with van der Waals surface area (Å²) in [5.74, 6) is 2.14. The van der Waals surface area contributed by atoms with Crippen LogP contribution in [0.1, 0.15) is 24.2 Å². The van der Waals surface area contributed by atoms with Crippen molar-refractivity contribution in [1.29, 1.82) is 5.26 Å². The fourth-order valence-electron chi connectivity index (χ4n) is 5.88. The lowest BCUT2D eigenvalue weighted by molar-refractivity contribution is 0.153. The zero-order valence-electron chi connectivity index (χ0n) is 19.8. The molecule has 184 valence electrons. The van der Waals surface area contributed by atoms with Gasteiger partial charge in [-0.3, -0.25) is 9.47 Å². The molecule has 9 nitrogen and oxygen atoms in total. The van der Waals surface area contributed by atoms with E-state index >= 15 is 0 Å². The Balaban J connectivity index is 1.13. The Kier molecular flexibility index (Phi) is 4.57. The van der Waals surface area contributed by atoms with Crippen molar-refractivity contribution in [2.24, 2.45) is 5.41 Å². The number of halogens is 2. The Morgan fingerprint density at radius 3 is 2.58 bits per heavy atom. The predicted molar refractivity (Wildman–Crippen MR) is 131 cm³/mol. The smallest absolute Gasteiger partial charge is 0.231 e. The number of rotatable bonds is 4. The second-order valence-electron chi connectivity index (χ2n) is 10.4. The normalized spacial score (nSPS) is 21.1. The van der Waals surface area contributed by atoms with Crippen molar-refractivity contribution >= 4 is 23.4 Å². The molecular formula is C25H24ClFN8O. The summed E-state index contributed by atoms with van der Waals surface area (Å²) in [5.41, 5.74) is 1.82. The SMILES string of the molecule is COc1cc(N2CC3(C2)CN(c2nnc4n2-c2ccc(Cl)cc2CN(C2(C#N)CC2)C4)C3)ncc1F. The van der Waals surface area contributed by atoms with Gasteiger partial charge in [-0.05, 0) is 36.6 Å². The molecule has 0 unspecified atom stereocenters. The highest BCUT2D eigenvalue weighted by Crippen LogP contribution is 2.47. The number of nitriles is 1. The van der Waals surface area contributed by atoms with E-state index < -0.39 is 11.4 Å². The molecule has 2 saturated heterocycles. The number of nitrogens with zero attached hydrogens (tertiary/aromatic N) is 8. The topological polar surface area (TPSA) is 86.3 Å². The second-order valence-corrected chi connectivity index (χ2v) is 10.8. The Hall–Kier alpha value is -3.42. The molecule has 0 radical (unpaired) electrons. The summed E-state index contributed by atoms with van der Waals surface area (Å²) >= 11 is 6.37. The number of benzene rings is 1. The lowest BCUT2D eigenvalue weighted by atomic mass is 9.73. The minimum absolute atomic E-state index is 0.147. The molecule has 0 bridgehead atoms. The van der Waals surface area contributed by atoms with E-state index in [1.807, 2.05) is 18.2 Å². The van der Waals surface area contributed by atoms with Crippen LogP contribution in [-0.2, 0) is 13.1 Å². The number of hydrogen-bond donors (Lipinski definition) is 0. The van der Waals surface area contributed by atoms with Crippen LogP contribution >= 0.6 is 11.6 Å². The minimum Gasteiger partial charge on any atom is -0.493 e. The highest BCUT2D eigenvalue weighted by molar-refractivity contribution is 6.30. The fourth-order valence-corrected chi connectivity index (χ4v) is 6.08. The van der Waals surface area contributed by atoms with Crippen molar-refractivity contribution in [3.63, 3.8) is 0 Å². The zero-order chi connectivity index (χ0) is 24.7. The highest BCUT2D eigenvalue weighted by atomic mass is 35.5. The molecule has 1 aliphatic carbocycles. The van der Waals surface area contributed by atoms with E-state index in [1.165, 1.54) is 13.3 Å². The van der Waals surface area contributed by atoms with E-state index in [0.29, 0.717) is 18.1 Å². The number of anilines is 2. The number of fused-ring (bicyclic) bond motifs is 3. The number of methoxy groups -OCH3 is 1. The summed E-state index contributed by atoms with van der Waals surface area (Å²) in [4.78, 5) is 10.9. The van der Waals surface area contributed by atoms with E-state index in [2.05, 4.69) is 40.5 Å². The van der Waals surface area contributed by atoms with Crippen LogP contribution in [0, 0.1) is 22.6 Å². The molecule has 3 aromatic rings. The summed E-state index contributed by atoms with van der Waals surface area (Å²) in [6, 6.07) is 10.1. The van der Waals surface area contributed by atoms with E-state index in [4.69, 9.17) is 16.3 Å². The van der Waals surface area contributed by atoms with Gasteiger partial charge in [-0.1, -0.05) is 11.6 Å². The van der Waals surface area contributed by atoms with Gasteiger partial charge in [-0.25, -0.2) is 9.37 Å². The van der Waals surface area contributed by atoms with Crippen molar-refractivity contribution in [2.75, 3.05) is 43.1 Å². The molecular weight excluding hydrogens is 483 g/mol. The Bertz CT molecular complexity index is 1420. The fraction of sp³-hybridized carbons (Fsp3) is 0.440. The lowest BCUT2D eigenvalue weighted by Crippen LogP contribution is -2.73. The van der Waals surface area contributed by atoms with Crippen LogP contribution in [0.4, 0.5) is 16.2 Å². The van der Waals surface area contributed by atoms with Crippen LogP contribution in [-0.4, -0.2) is 63.5 Å². The molecule has 36 heavy (non-hydrogen) atoms. The molecule has 2 aromatic heterocycles. The lowest BCUT2D eigenvalue weighted by Gasteiger charge is -2.60. The Labute approximate surface area is 212 Å². The minimum atomic E-state index is -0.457. The van der Waals surface area contributed by atoms with Crippen molar-refractivity contribution in [1.82, 2.24) is 24.6 Å². The van der Waals surface area contributed by atoms with E-state index in [9.17, 15) is 9.65 Å². The molecule has 0 atom stereocenters. The van der Waals surface area contributed by atoms with Gasteiger partial charge in [-0.15, -0.1) is 10.2 Å². The highest BCUT2D eigenvalue weighted by Gasteiger charge is 2.54. The van der Waals surface area contributed by atoms with E-state index in [1.54, 1.807) is 6.07 Å². The third-order valence-electron chi connectivity index (χ3n) is 7.96. The first-order valence-corrected chi connectivity index (χ1v) is 12.4. The molecule has 0 N–H and O–H groups in total. The van der Waals surface area contributed by atoms with Gasteiger partial charge in [0.15, 0.2) is 17.4 Å². The van der Waals surface area contributed by atoms with Crippen molar-refractivity contribution < 1.29 is 9.13 Å². The molecule has 4 aliphatic rings. The molecule has 1 spiro atoms. The van der Waals surface area contributed by atoms with Crippen LogP contribution in [0.2, 0.25) is 5.02 Å². The van der Waals surface area contributed by atoms with Crippen LogP contribution < -0.4 is 14.5 Å². The van der Waals surface area contributed by atoms with Gasteiger partial charge in [0, 0.05) is 49.2 Å². The van der Waals surface area contributed by atoms with Gasteiger partial charge in [0.1, 0.15) is 11.4 Å². The maximum Gasteiger partial charge on any atom is 0.231 e. The number of hydrogen-bond acceptors (Lipinski definition) is 8. The van der Waals surface area contributed by atoms with Crippen LogP contribution in [0.15, 0.2) is 30.5 Å². The number of pyridine rings is 1. The summed E-state index contributed by atoms with van der Waals surface area (Å²) in [7, 11) is 1.46. The molecule has 1 aromatic carbocycles. The third kappa shape index (κ3) is 3.19. The van der Waals surface area contributed by atoms with Crippen LogP contribution in [0.5, 0.6) is 5.75 Å². The van der Waals surface area contributed by atoms with Gasteiger partial charge >= 0.3 is 0 Å². The molecule has 7 rings (SSSR count). The first-order valence-electron chi connectivity index (χ1n) is 12.0. The summed E-state index contributed by atoms with van der Waals surface area (Å²) in [5, 5.41) is 19.7. The number of ether oxygens (including phenoxy) is 1. The molecule has 5 heterocycles. The molecule has 3 aliphatic heterocycles. The van der Waals surface area contributed by atoms with Gasteiger partial charge in [0.2, 0.25) is 5.95 Å². The number of aromatic nitrogens is 4. The maximum atomic E-state index is 13.7. The average Bonchev–Trinajstić information content (AvgIpc) is 3.56. The summed E-state index contributed by atoms with van der Waals surface area (Å²) in [6.45, 7) is 4.62. The van der Waals surface area contributed by atoms with Crippen molar-refractivity contribution in [2.45, 2.75) is 31.5 Å². The summed E-state index contributed by atoms with van der Waals surface area (Å²) in [6.07, 6.45) is 2.96. The van der Waals surface area contributed by atoms with Crippen LogP contribution in [0.3, 0.4) is 0 Å². The molecule has 0 amide bonds. The second kappa shape index (κ2) is 7.54. The van der Waals surface area contributed by atoms with Gasteiger partial charge in [-0.2, -0.15) is 5.26 Å². The van der Waals surface area contributed by atoms with E-state index in [-0.39, 0.29) is 11.2 Å². The standard InChI is InChI=1S/C25H24ClFN8O/c1-36-20-7-21(29-8-18(20)27)32-12-24(13-32)14-33(15-24)23-31-30-22-10-34(25(11-28)4-5-25)9-16-6-17(26)2-3-19(16)35(22)23/h2-3,6-8H,4-5,9-10,12-15H2,1H3. The van der Waals surface area contributed by atoms with Gasteiger partial charge < -0.3 is 14.5 Å². The third-order valence-corrected chi connectivity index (χ3v) is 8.20. The first-order chi connectivity index (χ1) is 17.4. The largest absolute Gasteiger partial charge is 0.493 e. The van der Waals surface area contributed by atoms with Gasteiger partial charge in [0.05, 0.1) is 31.6 Å². The quantitative estimate of drug-likeness (QED) is 0.533. The Morgan fingerprint density at radius 2 is 1.86 bits per heavy atom. The first kappa shape index (κ1) is 21.8.